The van der Waals surface area contributed by atoms with Crippen molar-refractivity contribution >= 4 is 28.8 Å². The Kier molecular flexibility index (Phi) is 8.57. The summed E-state index contributed by atoms with van der Waals surface area (Å²) in [7, 11) is 0. The highest BCUT2D eigenvalue weighted by Crippen LogP contribution is 2.28. The SMILES string of the molecule is N#C[C@H](C(=O)NCCc1ccccc1)c1nc2ccccc2nc1N1CCN(C/C=C/c2ccccc2)CC1. The molecule has 1 aliphatic rings. The number of anilines is 1. The molecule has 1 amide bonds. The number of fused-ring (bicyclic) bond motifs is 1. The van der Waals surface area contributed by atoms with Crippen LogP contribution in [0.2, 0.25) is 0 Å². The molecule has 1 aliphatic heterocycles. The number of carbonyl (C=O) groups excluding carboxylic acids is 1. The largest absolute Gasteiger partial charge is 0.354 e. The third-order valence-electron chi connectivity index (χ3n) is 6.94. The molecule has 4 aromatic rings. The molecule has 5 rings (SSSR count). The molecule has 1 fully saturated rings. The summed E-state index contributed by atoms with van der Waals surface area (Å²) in [5.74, 6) is -0.762. The molecule has 1 atom stereocenters. The number of hydrogen-bond donors (Lipinski definition) is 1. The minimum absolute atomic E-state index is 0.344. The molecule has 0 aliphatic carbocycles. The van der Waals surface area contributed by atoms with Gasteiger partial charge in [-0.05, 0) is 29.7 Å². The van der Waals surface area contributed by atoms with Crippen LogP contribution in [-0.4, -0.2) is 60.0 Å². The second-order valence-electron chi connectivity index (χ2n) is 9.61. The molecular formula is C32H32N6O. The summed E-state index contributed by atoms with van der Waals surface area (Å²) in [6.07, 6.45) is 5.03. The number of benzene rings is 3. The van der Waals surface area contributed by atoms with E-state index in [0.29, 0.717) is 30.0 Å². The van der Waals surface area contributed by atoms with E-state index in [9.17, 15) is 10.1 Å². The monoisotopic (exact) mass is 516 g/mol. The lowest BCUT2D eigenvalue weighted by molar-refractivity contribution is -0.121. The molecule has 2 heterocycles. The summed E-state index contributed by atoms with van der Waals surface area (Å²) in [5.41, 5.74) is 4.18. The fourth-order valence-corrected chi connectivity index (χ4v) is 4.80. The van der Waals surface area contributed by atoms with E-state index in [1.165, 1.54) is 5.56 Å². The number of amides is 1. The van der Waals surface area contributed by atoms with Crippen LogP contribution < -0.4 is 10.2 Å². The molecule has 0 saturated carbocycles. The molecule has 196 valence electrons. The molecule has 39 heavy (non-hydrogen) atoms. The zero-order valence-electron chi connectivity index (χ0n) is 21.9. The predicted molar refractivity (Wildman–Crippen MR) is 155 cm³/mol. The molecule has 0 unspecified atom stereocenters. The van der Waals surface area contributed by atoms with E-state index in [4.69, 9.17) is 9.97 Å². The van der Waals surface area contributed by atoms with Gasteiger partial charge < -0.3 is 10.2 Å². The van der Waals surface area contributed by atoms with Crippen molar-refractivity contribution in [2.45, 2.75) is 12.3 Å². The van der Waals surface area contributed by atoms with Gasteiger partial charge in [0.1, 0.15) is 5.69 Å². The average Bonchev–Trinajstić information content (AvgIpc) is 2.99. The van der Waals surface area contributed by atoms with Crippen LogP contribution in [0.25, 0.3) is 17.1 Å². The number of rotatable bonds is 9. The summed E-state index contributed by atoms with van der Waals surface area (Å²) >= 11 is 0. The van der Waals surface area contributed by atoms with Crippen molar-refractivity contribution in [1.82, 2.24) is 20.2 Å². The van der Waals surface area contributed by atoms with Crippen LogP contribution in [0, 0.1) is 11.3 Å². The highest BCUT2D eigenvalue weighted by Gasteiger charge is 2.30. The quantitative estimate of drug-likeness (QED) is 0.354. The summed E-state index contributed by atoms with van der Waals surface area (Å²) in [5, 5.41) is 13.0. The van der Waals surface area contributed by atoms with Gasteiger partial charge in [-0.2, -0.15) is 5.26 Å². The fourth-order valence-electron chi connectivity index (χ4n) is 4.80. The van der Waals surface area contributed by atoms with Gasteiger partial charge in [-0.3, -0.25) is 9.69 Å². The number of para-hydroxylation sites is 2. The van der Waals surface area contributed by atoms with E-state index in [0.717, 1.165) is 43.8 Å². The molecule has 1 N–H and O–H groups in total. The lowest BCUT2D eigenvalue weighted by Crippen LogP contribution is -2.47. The zero-order valence-corrected chi connectivity index (χ0v) is 21.9. The van der Waals surface area contributed by atoms with Crippen molar-refractivity contribution in [2.24, 2.45) is 0 Å². The molecule has 0 spiro atoms. The highest BCUT2D eigenvalue weighted by molar-refractivity contribution is 5.88. The molecule has 7 nitrogen and oxygen atoms in total. The molecule has 3 aromatic carbocycles. The lowest BCUT2D eigenvalue weighted by atomic mass is 10.0. The Morgan fingerprint density at radius 1 is 0.897 bits per heavy atom. The van der Waals surface area contributed by atoms with Gasteiger partial charge in [0.15, 0.2) is 11.7 Å². The maximum atomic E-state index is 13.2. The number of nitrogens with one attached hydrogen (secondary N) is 1. The normalized spacial score (nSPS) is 14.8. The number of nitrogens with zero attached hydrogens (tertiary/aromatic N) is 5. The maximum Gasteiger partial charge on any atom is 0.243 e. The minimum Gasteiger partial charge on any atom is -0.354 e. The van der Waals surface area contributed by atoms with Crippen molar-refractivity contribution in [3.8, 4) is 6.07 Å². The van der Waals surface area contributed by atoms with E-state index >= 15 is 0 Å². The van der Waals surface area contributed by atoms with Gasteiger partial charge in [-0.25, -0.2) is 9.97 Å². The second-order valence-corrected chi connectivity index (χ2v) is 9.61. The van der Waals surface area contributed by atoms with Gasteiger partial charge >= 0.3 is 0 Å². The van der Waals surface area contributed by atoms with Gasteiger partial charge in [-0.1, -0.05) is 84.9 Å². The van der Waals surface area contributed by atoms with Gasteiger partial charge in [-0.15, -0.1) is 0 Å². The predicted octanol–water partition coefficient (Wildman–Crippen LogP) is 4.43. The van der Waals surface area contributed by atoms with Crippen LogP contribution in [0.4, 0.5) is 5.82 Å². The summed E-state index contributed by atoms with van der Waals surface area (Å²) < 4.78 is 0. The van der Waals surface area contributed by atoms with Crippen LogP contribution in [-0.2, 0) is 11.2 Å². The first-order valence-corrected chi connectivity index (χ1v) is 13.4. The number of carbonyl (C=O) groups is 1. The van der Waals surface area contributed by atoms with Crippen molar-refractivity contribution in [3.05, 3.63) is 108 Å². The third kappa shape index (κ3) is 6.67. The first-order chi connectivity index (χ1) is 19.2. The molecular weight excluding hydrogens is 484 g/mol. The maximum absolute atomic E-state index is 13.2. The Hall–Kier alpha value is -4.54. The van der Waals surface area contributed by atoms with Crippen molar-refractivity contribution < 1.29 is 4.79 Å². The Bertz CT molecular complexity index is 1460. The lowest BCUT2D eigenvalue weighted by Gasteiger charge is -2.35. The standard InChI is InChI=1S/C32H32N6O/c33-24-27(32(39)34-18-17-26-12-5-2-6-13-26)30-31(36-29-16-8-7-15-28(29)35-30)38-22-20-37(21-23-38)19-9-14-25-10-3-1-4-11-25/h1-16,27H,17-23H2,(H,34,39)/b14-9+/t27-/m0/s1. The van der Waals surface area contributed by atoms with Gasteiger partial charge in [0, 0.05) is 39.3 Å². The Labute approximate surface area is 229 Å². The number of hydrogen-bond acceptors (Lipinski definition) is 6. The summed E-state index contributed by atoms with van der Waals surface area (Å²) in [6, 6.07) is 30.1. The van der Waals surface area contributed by atoms with Crippen LogP contribution in [0.5, 0.6) is 0 Å². The zero-order chi connectivity index (χ0) is 26.9. The van der Waals surface area contributed by atoms with Gasteiger partial charge in [0.05, 0.1) is 17.1 Å². The van der Waals surface area contributed by atoms with E-state index in [1.54, 1.807) is 0 Å². The molecule has 7 heteroatoms. The Morgan fingerprint density at radius 3 is 2.23 bits per heavy atom. The molecule has 0 bridgehead atoms. The van der Waals surface area contributed by atoms with E-state index in [1.807, 2.05) is 72.8 Å². The average molecular weight is 517 g/mol. The van der Waals surface area contributed by atoms with Crippen molar-refractivity contribution in [2.75, 3.05) is 44.2 Å². The van der Waals surface area contributed by atoms with Crippen molar-refractivity contribution in [1.29, 1.82) is 5.26 Å². The van der Waals surface area contributed by atoms with Crippen molar-refractivity contribution in [3.63, 3.8) is 0 Å². The summed E-state index contributed by atoms with van der Waals surface area (Å²) in [4.78, 5) is 27.4. The Morgan fingerprint density at radius 2 is 1.54 bits per heavy atom. The smallest absolute Gasteiger partial charge is 0.243 e. The molecule has 1 aromatic heterocycles. The third-order valence-corrected chi connectivity index (χ3v) is 6.94. The van der Waals surface area contributed by atoms with Gasteiger partial charge in [0.25, 0.3) is 0 Å². The van der Waals surface area contributed by atoms with Crippen LogP contribution >= 0.6 is 0 Å². The van der Waals surface area contributed by atoms with Crippen LogP contribution in [0.3, 0.4) is 0 Å². The number of nitriles is 1. The fraction of sp³-hybridized carbons (Fsp3) is 0.250. The first-order valence-electron chi connectivity index (χ1n) is 13.4. The number of aromatic nitrogens is 2. The molecule has 1 saturated heterocycles. The van der Waals surface area contributed by atoms with Crippen LogP contribution in [0.1, 0.15) is 22.7 Å². The second kappa shape index (κ2) is 12.8. The minimum atomic E-state index is -1.04. The van der Waals surface area contributed by atoms with E-state index in [2.05, 4.69) is 45.5 Å². The van der Waals surface area contributed by atoms with Crippen LogP contribution in [0.15, 0.2) is 91.0 Å². The molecule has 0 radical (unpaired) electrons. The highest BCUT2D eigenvalue weighted by atomic mass is 16.1. The Balaban J connectivity index is 1.29. The van der Waals surface area contributed by atoms with E-state index < -0.39 is 5.92 Å². The first kappa shape index (κ1) is 26.1. The van der Waals surface area contributed by atoms with E-state index in [-0.39, 0.29) is 5.91 Å². The topological polar surface area (TPSA) is 85.1 Å². The number of piperazine rings is 1. The summed E-state index contributed by atoms with van der Waals surface area (Å²) in [6.45, 7) is 4.51. The van der Waals surface area contributed by atoms with Gasteiger partial charge in [0.2, 0.25) is 5.91 Å².